The first-order valence-corrected chi connectivity index (χ1v) is 6.30. The SMILES string of the molecule is CC[C@@](O)(c1ccccc1Cl)[C@@H]1CC1OC(N)=O. The number of aliphatic hydroxyl groups is 1. The lowest BCUT2D eigenvalue weighted by atomic mass is 9.86. The van der Waals surface area contributed by atoms with Crippen LogP contribution in [-0.4, -0.2) is 17.3 Å². The number of hydrogen-bond donors (Lipinski definition) is 2. The van der Waals surface area contributed by atoms with Crippen LogP contribution in [0.15, 0.2) is 24.3 Å². The van der Waals surface area contributed by atoms with Crippen molar-refractivity contribution in [2.75, 3.05) is 0 Å². The minimum Gasteiger partial charge on any atom is -0.446 e. The Morgan fingerprint density at radius 2 is 2.28 bits per heavy atom. The molecule has 1 aromatic carbocycles. The maximum absolute atomic E-state index is 10.8. The number of carbonyl (C=O) groups excluding carboxylic acids is 1. The highest BCUT2D eigenvalue weighted by Gasteiger charge is 2.54. The third-order valence-corrected chi connectivity index (χ3v) is 3.82. The quantitative estimate of drug-likeness (QED) is 0.882. The van der Waals surface area contributed by atoms with Gasteiger partial charge < -0.3 is 15.6 Å². The standard InChI is InChI=1S/C13H16ClNO3/c1-2-13(17,8-5-3-4-6-10(8)14)9-7-11(9)18-12(15)16/h3-6,9,11,17H,2,7H2,1H3,(H2,15,16)/t9-,11?,13-/m1/s1. The van der Waals surface area contributed by atoms with Gasteiger partial charge in [0.2, 0.25) is 0 Å². The Kier molecular flexibility index (Phi) is 3.50. The summed E-state index contributed by atoms with van der Waals surface area (Å²) in [6, 6.07) is 7.18. The summed E-state index contributed by atoms with van der Waals surface area (Å²) in [6.07, 6.45) is -0.0118. The molecule has 0 spiro atoms. The fraction of sp³-hybridized carbons (Fsp3) is 0.462. The van der Waals surface area contributed by atoms with Crippen LogP contribution in [0.2, 0.25) is 5.02 Å². The van der Waals surface area contributed by atoms with Crippen LogP contribution >= 0.6 is 11.6 Å². The van der Waals surface area contributed by atoms with Gasteiger partial charge in [-0.1, -0.05) is 36.7 Å². The van der Waals surface area contributed by atoms with Crippen LogP contribution in [0.4, 0.5) is 4.79 Å². The molecule has 3 atom stereocenters. The van der Waals surface area contributed by atoms with Gasteiger partial charge in [0, 0.05) is 16.5 Å². The Balaban J connectivity index is 2.23. The number of rotatable bonds is 4. The van der Waals surface area contributed by atoms with Gasteiger partial charge in [-0.2, -0.15) is 0 Å². The van der Waals surface area contributed by atoms with Crippen molar-refractivity contribution in [3.05, 3.63) is 34.9 Å². The average Bonchev–Trinajstić information content (AvgIpc) is 3.07. The largest absolute Gasteiger partial charge is 0.446 e. The van der Waals surface area contributed by atoms with Crippen molar-refractivity contribution in [1.29, 1.82) is 0 Å². The van der Waals surface area contributed by atoms with Gasteiger partial charge in [-0.05, 0) is 18.9 Å². The van der Waals surface area contributed by atoms with E-state index in [1.54, 1.807) is 12.1 Å². The topological polar surface area (TPSA) is 72.6 Å². The summed E-state index contributed by atoms with van der Waals surface area (Å²) in [7, 11) is 0. The third kappa shape index (κ3) is 2.31. The summed E-state index contributed by atoms with van der Waals surface area (Å²) in [5.41, 5.74) is 4.58. The lowest BCUT2D eigenvalue weighted by Crippen LogP contribution is -2.30. The highest BCUT2D eigenvalue weighted by Crippen LogP contribution is 2.50. The molecule has 2 rings (SSSR count). The molecule has 0 saturated heterocycles. The second-order valence-electron chi connectivity index (χ2n) is 4.58. The van der Waals surface area contributed by atoms with E-state index in [1.807, 2.05) is 19.1 Å². The van der Waals surface area contributed by atoms with E-state index in [4.69, 9.17) is 22.1 Å². The third-order valence-electron chi connectivity index (χ3n) is 3.49. The maximum atomic E-state index is 10.8. The van der Waals surface area contributed by atoms with Crippen molar-refractivity contribution in [2.24, 2.45) is 11.7 Å². The van der Waals surface area contributed by atoms with Gasteiger partial charge in [-0.25, -0.2) is 4.79 Å². The van der Waals surface area contributed by atoms with Gasteiger partial charge in [-0.3, -0.25) is 0 Å². The molecule has 1 unspecified atom stereocenters. The Bertz CT molecular complexity index is 465. The molecule has 1 saturated carbocycles. The zero-order valence-corrected chi connectivity index (χ0v) is 10.9. The van der Waals surface area contributed by atoms with Crippen LogP contribution in [0.25, 0.3) is 0 Å². The molecule has 1 aliphatic rings. The summed E-state index contributed by atoms with van der Waals surface area (Å²) >= 11 is 6.12. The number of halogens is 1. The van der Waals surface area contributed by atoms with Crippen LogP contribution in [0.3, 0.4) is 0 Å². The van der Waals surface area contributed by atoms with Crippen LogP contribution in [0, 0.1) is 5.92 Å². The number of nitrogens with two attached hydrogens (primary N) is 1. The minimum absolute atomic E-state index is 0.144. The van der Waals surface area contributed by atoms with Crippen LogP contribution in [0.5, 0.6) is 0 Å². The molecule has 0 aliphatic heterocycles. The normalized spacial score (nSPS) is 25.3. The summed E-state index contributed by atoms with van der Waals surface area (Å²) < 4.78 is 4.92. The van der Waals surface area contributed by atoms with Gasteiger partial charge in [-0.15, -0.1) is 0 Å². The molecule has 98 valence electrons. The van der Waals surface area contributed by atoms with E-state index in [-0.39, 0.29) is 12.0 Å². The molecule has 5 heteroatoms. The van der Waals surface area contributed by atoms with Gasteiger partial charge >= 0.3 is 6.09 Å². The number of primary amides is 1. The van der Waals surface area contributed by atoms with E-state index in [2.05, 4.69) is 0 Å². The first kappa shape index (κ1) is 13.2. The highest BCUT2D eigenvalue weighted by atomic mass is 35.5. The van der Waals surface area contributed by atoms with Crippen molar-refractivity contribution < 1.29 is 14.6 Å². The van der Waals surface area contributed by atoms with E-state index in [0.717, 1.165) is 0 Å². The second kappa shape index (κ2) is 4.78. The van der Waals surface area contributed by atoms with E-state index in [1.165, 1.54) is 0 Å². The predicted octanol–water partition coefficient (Wildman–Crippen LogP) is 2.42. The van der Waals surface area contributed by atoms with Crippen molar-refractivity contribution in [1.82, 2.24) is 0 Å². The number of hydrogen-bond acceptors (Lipinski definition) is 3. The molecule has 0 bridgehead atoms. The summed E-state index contributed by atoms with van der Waals surface area (Å²) in [5.74, 6) is -0.144. The summed E-state index contributed by atoms with van der Waals surface area (Å²) in [6.45, 7) is 1.88. The van der Waals surface area contributed by atoms with Crippen molar-refractivity contribution in [2.45, 2.75) is 31.5 Å². The first-order valence-electron chi connectivity index (χ1n) is 5.92. The van der Waals surface area contributed by atoms with Crippen LogP contribution < -0.4 is 5.73 Å². The Hall–Kier alpha value is -1.26. The molecule has 1 fully saturated rings. The monoisotopic (exact) mass is 269 g/mol. The average molecular weight is 270 g/mol. The number of amides is 1. The Morgan fingerprint density at radius 1 is 1.61 bits per heavy atom. The van der Waals surface area contributed by atoms with E-state index < -0.39 is 11.7 Å². The molecule has 3 N–H and O–H groups in total. The van der Waals surface area contributed by atoms with Crippen molar-refractivity contribution in [3.8, 4) is 0 Å². The van der Waals surface area contributed by atoms with Gasteiger partial charge in [0.25, 0.3) is 0 Å². The summed E-state index contributed by atoms with van der Waals surface area (Å²) in [4.78, 5) is 10.7. The smallest absolute Gasteiger partial charge is 0.404 e. The Morgan fingerprint density at radius 3 is 2.83 bits per heavy atom. The molecule has 0 aromatic heterocycles. The predicted molar refractivity (Wildman–Crippen MR) is 68.2 cm³/mol. The lowest BCUT2D eigenvalue weighted by Gasteiger charge is -2.28. The molecule has 0 heterocycles. The van der Waals surface area contributed by atoms with Gasteiger partial charge in [0.15, 0.2) is 0 Å². The molecular weight excluding hydrogens is 254 g/mol. The molecule has 1 aromatic rings. The first-order chi connectivity index (χ1) is 8.49. The van der Waals surface area contributed by atoms with Crippen LogP contribution in [0.1, 0.15) is 25.3 Å². The molecular formula is C13H16ClNO3. The summed E-state index contributed by atoms with van der Waals surface area (Å²) in [5, 5.41) is 11.3. The molecule has 1 aliphatic carbocycles. The minimum atomic E-state index is -1.07. The van der Waals surface area contributed by atoms with E-state index >= 15 is 0 Å². The van der Waals surface area contributed by atoms with E-state index in [0.29, 0.717) is 23.4 Å². The van der Waals surface area contributed by atoms with Crippen LogP contribution in [-0.2, 0) is 10.3 Å². The van der Waals surface area contributed by atoms with Gasteiger partial charge in [0.1, 0.15) is 6.10 Å². The van der Waals surface area contributed by atoms with Crippen molar-refractivity contribution >= 4 is 17.7 Å². The molecule has 1 amide bonds. The van der Waals surface area contributed by atoms with E-state index in [9.17, 15) is 9.90 Å². The fourth-order valence-electron chi connectivity index (χ4n) is 2.42. The number of ether oxygens (including phenoxy) is 1. The fourth-order valence-corrected chi connectivity index (χ4v) is 2.72. The maximum Gasteiger partial charge on any atom is 0.404 e. The second-order valence-corrected chi connectivity index (χ2v) is 4.98. The molecule has 0 radical (unpaired) electrons. The zero-order valence-electron chi connectivity index (χ0n) is 10.1. The molecule has 4 nitrogen and oxygen atoms in total. The Labute approximate surface area is 111 Å². The lowest BCUT2D eigenvalue weighted by molar-refractivity contribution is -0.00683. The number of carbonyl (C=O) groups is 1. The number of benzene rings is 1. The van der Waals surface area contributed by atoms with Gasteiger partial charge in [0.05, 0.1) is 5.60 Å². The highest BCUT2D eigenvalue weighted by molar-refractivity contribution is 6.31. The van der Waals surface area contributed by atoms with Crippen molar-refractivity contribution in [3.63, 3.8) is 0 Å². The zero-order chi connectivity index (χ0) is 13.3. The molecule has 18 heavy (non-hydrogen) atoms.